The van der Waals surface area contributed by atoms with Gasteiger partial charge in [0.15, 0.2) is 0 Å². The number of hydrogen-bond donors (Lipinski definition) is 0. The summed E-state index contributed by atoms with van der Waals surface area (Å²) in [6.07, 6.45) is 0. The molecule has 0 saturated heterocycles. The molecule has 144 valence electrons. The second-order valence-electron chi connectivity index (χ2n) is 6.87. The van der Waals surface area contributed by atoms with Gasteiger partial charge in [0, 0.05) is 26.9 Å². The Labute approximate surface area is 177 Å². The fourth-order valence-corrected chi connectivity index (χ4v) is 4.25. The molecule has 0 atom stereocenters. The summed E-state index contributed by atoms with van der Waals surface area (Å²) >= 11 is 6.62. The van der Waals surface area contributed by atoms with Crippen molar-refractivity contribution in [3.8, 4) is 16.8 Å². The lowest BCUT2D eigenvalue weighted by Crippen LogP contribution is -1.97. The van der Waals surface area contributed by atoms with Crippen molar-refractivity contribution in [3.63, 3.8) is 0 Å². The van der Waals surface area contributed by atoms with E-state index in [2.05, 4.69) is 96.4 Å². The van der Waals surface area contributed by atoms with Gasteiger partial charge < -0.3 is 4.57 Å². The van der Waals surface area contributed by atoms with Crippen LogP contribution in [0, 0.1) is 6.92 Å². The Balaban J connectivity index is 0.000000994. The number of aryl methyl sites for hydroxylation is 1. The molecule has 0 unspecified atom stereocenters. The van der Waals surface area contributed by atoms with Crippen LogP contribution in [0.5, 0.6) is 0 Å². The zero-order valence-corrected chi connectivity index (χ0v) is 17.7. The zero-order valence-electron chi connectivity index (χ0n) is 17.0. The predicted octanol–water partition coefficient (Wildman–Crippen LogP) is 8.44. The van der Waals surface area contributed by atoms with Gasteiger partial charge >= 0.3 is 0 Å². The van der Waals surface area contributed by atoms with Gasteiger partial charge in [-0.1, -0.05) is 92.2 Å². The van der Waals surface area contributed by atoms with Gasteiger partial charge in [-0.25, -0.2) is 0 Å². The minimum absolute atomic E-state index is 0.781. The van der Waals surface area contributed by atoms with Crippen LogP contribution in [-0.2, 0) is 0 Å². The van der Waals surface area contributed by atoms with Crippen LogP contribution >= 0.6 is 11.6 Å². The maximum Gasteiger partial charge on any atom is 0.0541 e. The number of benzene rings is 4. The Morgan fingerprint density at radius 1 is 0.621 bits per heavy atom. The highest BCUT2D eigenvalue weighted by Gasteiger charge is 2.15. The van der Waals surface area contributed by atoms with Crippen molar-refractivity contribution >= 4 is 33.4 Å². The third-order valence-corrected chi connectivity index (χ3v) is 5.45. The quantitative estimate of drug-likeness (QED) is 0.281. The van der Waals surface area contributed by atoms with Crippen molar-refractivity contribution in [2.75, 3.05) is 0 Å². The van der Waals surface area contributed by atoms with Crippen LogP contribution in [0.1, 0.15) is 19.4 Å². The molecule has 0 radical (unpaired) electrons. The van der Waals surface area contributed by atoms with Crippen LogP contribution in [0.4, 0.5) is 0 Å². The van der Waals surface area contributed by atoms with E-state index < -0.39 is 0 Å². The maximum absolute atomic E-state index is 6.62. The monoisotopic (exact) mass is 397 g/mol. The molecular formula is C27H24ClN. The van der Waals surface area contributed by atoms with Gasteiger partial charge in [0.05, 0.1) is 16.7 Å². The lowest BCUT2D eigenvalue weighted by molar-refractivity contribution is 1.18. The third kappa shape index (κ3) is 3.32. The number of rotatable bonds is 2. The number of fused-ring (bicyclic) bond motifs is 3. The van der Waals surface area contributed by atoms with Gasteiger partial charge in [0.1, 0.15) is 0 Å². The van der Waals surface area contributed by atoms with E-state index in [9.17, 15) is 0 Å². The molecule has 4 aromatic carbocycles. The molecular weight excluding hydrogens is 374 g/mol. The van der Waals surface area contributed by atoms with Crippen LogP contribution in [0.3, 0.4) is 0 Å². The second kappa shape index (κ2) is 8.14. The van der Waals surface area contributed by atoms with E-state index in [0.717, 1.165) is 27.4 Å². The van der Waals surface area contributed by atoms with E-state index in [1.807, 2.05) is 19.9 Å². The molecule has 0 amide bonds. The Hall–Kier alpha value is -3.03. The molecule has 29 heavy (non-hydrogen) atoms. The molecule has 1 aromatic heterocycles. The Bertz CT molecular complexity index is 1240. The fraction of sp³-hybridized carbons (Fsp3) is 0.111. The number of para-hydroxylation sites is 3. The van der Waals surface area contributed by atoms with E-state index in [-0.39, 0.29) is 0 Å². The maximum atomic E-state index is 6.62. The van der Waals surface area contributed by atoms with Crippen molar-refractivity contribution in [1.82, 2.24) is 4.57 Å². The molecule has 0 aliphatic heterocycles. The van der Waals surface area contributed by atoms with Gasteiger partial charge in [-0.05, 0) is 36.8 Å². The summed E-state index contributed by atoms with van der Waals surface area (Å²) in [6, 6.07) is 31.9. The molecule has 5 rings (SSSR count). The van der Waals surface area contributed by atoms with Crippen molar-refractivity contribution < 1.29 is 0 Å². The molecule has 0 N–H and O–H groups in total. The molecule has 5 aromatic rings. The summed E-state index contributed by atoms with van der Waals surface area (Å²) in [4.78, 5) is 0. The SMILES string of the molecule is CC.Cc1ccc(-c2ccccc2-n2c3ccccc3c3ccccc32)c(Cl)c1. The minimum Gasteiger partial charge on any atom is -0.309 e. The van der Waals surface area contributed by atoms with E-state index in [0.29, 0.717) is 0 Å². The Morgan fingerprint density at radius 3 is 1.79 bits per heavy atom. The van der Waals surface area contributed by atoms with Gasteiger partial charge in [-0.15, -0.1) is 0 Å². The largest absolute Gasteiger partial charge is 0.309 e. The topological polar surface area (TPSA) is 4.93 Å². The Kier molecular flexibility index (Phi) is 5.42. The van der Waals surface area contributed by atoms with Crippen molar-refractivity contribution in [1.29, 1.82) is 0 Å². The molecule has 1 heterocycles. The Morgan fingerprint density at radius 2 is 1.17 bits per heavy atom. The highest BCUT2D eigenvalue weighted by atomic mass is 35.5. The van der Waals surface area contributed by atoms with Gasteiger partial charge in [-0.2, -0.15) is 0 Å². The average molecular weight is 398 g/mol. The zero-order chi connectivity index (χ0) is 20.4. The number of halogens is 1. The first-order chi connectivity index (χ1) is 14.2. The minimum atomic E-state index is 0.781. The van der Waals surface area contributed by atoms with Gasteiger partial charge in [0.25, 0.3) is 0 Å². The lowest BCUT2D eigenvalue weighted by Gasteiger charge is -2.15. The first-order valence-corrected chi connectivity index (χ1v) is 10.5. The average Bonchev–Trinajstić information content (AvgIpc) is 3.10. The smallest absolute Gasteiger partial charge is 0.0541 e. The van der Waals surface area contributed by atoms with Gasteiger partial charge in [0.2, 0.25) is 0 Å². The molecule has 0 bridgehead atoms. The molecule has 0 saturated carbocycles. The fourth-order valence-electron chi connectivity index (χ4n) is 3.92. The highest BCUT2D eigenvalue weighted by Crippen LogP contribution is 2.38. The second-order valence-corrected chi connectivity index (χ2v) is 7.28. The molecule has 0 aliphatic rings. The summed E-state index contributed by atoms with van der Waals surface area (Å²) < 4.78 is 2.34. The number of aromatic nitrogens is 1. The van der Waals surface area contributed by atoms with Gasteiger partial charge in [-0.3, -0.25) is 0 Å². The van der Waals surface area contributed by atoms with Crippen molar-refractivity contribution in [2.45, 2.75) is 20.8 Å². The first kappa shape index (κ1) is 19.3. The van der Waals surface area contributed by atoms with E-state index in [4.69, 9.17) is 11.6 Å². The highest BCUT2D eigenvalue weighted by molar-refractivity contribution is 6.33. The van der Waals surface area contributed by atoms with Crippen LogP contribution in [0.25, 0.3) is 38.6 Å². The molecule has 1 nitrogen and oxygen atoms in total. The van der Waals surface area contributed by atoms with Crippen molar-refractivity contribution in [2.24, 2.45) is 0 Å². The third-order valence-electron chi connectivity index (χ3n) is 5.14. The summed E-state index contributed by atoms with van der Waals surface area (Å²) in [5.41, 5.74) is 6.90. The van der Waals surface area contributed by atoms with E-state index in [1.165, 1.54) is 21.8 Å². The van der Waals surface area contributed by atoms with Crippen LogP contribution in [0.2, 0.25) is 5.02 Å². The first-order valence-electron chi connectivity index (χ1n) is 10.1. The van der Waals surface area contributed by atoms with Crippen LogP contribution < -0.4 is 0 Å². The standard InChI is InChI=1S/C25H18ClN.C2H6/c1-17-14-15-18(22(26)16-17)19-8-2-5-11-23(19)27-24-12-6-3-9-20(24)21-10-4-7-13-25(21)27;1-2/h2-16H,1H3;1-2H3. The summed E-state index contributed by atoms with van der Waals surface area (Å²) in [5, 5.41) is 3.30. The van der Waals surface area contributed by atoms with Crippen LogP contribution in [0.15, 0.2) is 91.0 Å². The number of hydrogen-bond acceptors (Lipinski definition) is 0. The summed E-state index contributed by atoms with van der Waals surface area (Å²) in [5.74, 6) is 0. The summed E-state index contributed by atoms with van der Waals surface area (Å²) in [6.45, 7) is 6.06. The van der Waals surface area contributed by atoms with E-state index >= 15 is 0 Å². The number of nitrogens with zero attached hydrogens (tertiary/aromatic N) is 1. The molecule has 0 spiro atoms. The summed E-state index contributed by atoms with van der Waals surface area (Å²) in [7, 11) is 0. The van der Waals surface area contributed by atoms with E-state index in [1.54, 1.807) is 0 Å². The molecule has 0 aliphatic carbocycles. The normalized spacial score (nSPS) is 10.8. The molecule has 0 fully saturated rings. The van der Waals surface area contributed by atoms with Crippen LogP contribution in [-0.4, -0.2) is 4.57 Å². The predicted molar refractivity (Wildman–Crippen MR) is 127 cm³/mol. The lowest BCUT2D eigenvalue weighted by atomic mass is 10.0. The molecule has 2 heteroatoms. The van der Waals surface area contributed by atoms with Crippen molar-refractivity contribution in [3.05, 3.63) is 102 Å².